The highest BCUT2D eigenvalue weighted by Crippen LogP contribution is 2.31. The normalized spacial score (nSPS) is 15.0. The van der Waals surface area contributed by atoms with Crippen LogP contribution in [0.4, 0.5) is 9.52 Å². The molecule has 2 heterocycles. The number of sulfone groups is 1. The molecule has 1 aliphatic rings. The monoisotopic (exact) mass is 523 g/mol. The second-order valence-electron chi connectivity index (χ2n) is 7.95. The molecule has 0 aliphatic carbocycles. The first-order valence-electron chi connectivity index (χ1n) is 10.9. The van der Waals surface area contributed by atoms with Crippen LogP contribution in [0.1, 0.15) is 6.42 Å². The number of ether oxygens (including phenoxy) is 1. The molecule has 1 saturated heterocycles. The summed E-state index contributed by atoms with van der Waals surface area (Å²) < 4.78 is 43.1. The summed E-state index contributed by atoms with van der Waals surface area (Å²) in [4.78, 5) is 23.0. The fraction of sp³-hybridized carbons (Fsp3) is 0.391. The van der Waals surface area contributed by atoms with Crippen LogP contribution in [0, 0.1) is 5.82 Å². The van der Waals surface area contributed by atoms with Crippen LogP contribution < -0.4 is 4.90 Å². The van der Waals surface area contributed by atoms with E-state index < -0.39 is 9.84 Å². The van der Waals surface area contributed by atoms with Crippen molar-refractivity contribution < 1.29 is 22.3 Å². The van der Waals surface area contributed by atoms with Crippen molar-refractivity contribution in [3.05, 3.63) is 48.3 Å². The summed E-state index contributed by atoms with van der Waals surface area (Å²) in [6.45, 7) is 4.18. The second kappa shape index (κ2) is 11.1. The summed E-state index contributed by atoms with van der Waals surface area (Å²) in [5, 5.41) is 0.561. The van der Waals surface area contributed by atoms with Gasteiger partial charge in [0.25, 0.3) is 0 Å². The van der Waals surface area contributed by atoms with E-state index in [9.17, 15) is 17.6 Å². The highest BCUT2D eigenvalue weighted by molar-refractivity contribution is 7.99. The van der Waals surface area contributed by atoms with Crippen molar-refractivity contribution in [3.8, 4) is 0 Å². The molecule has 0 atom stereocenters. The van der Waals surface area contributed by atoms with Gasteiger partial charge in [-0.05, 0) is 42.5 Å². The number of anilines is 1. The molecular formula is C23H26FN3O4S3. The summed E-state index contributed by atoms with van der Waals surface area (Å²) in [5.41, 5.74) is 0.664. The molecule has 1 aromatic heterocycles. The Kier molecular flexibility index (Phi) is 8.20. The topological polar surface area (TPSA) is 79.8 Å². The lowest BCUT2D eigenvalue weighted by Gasteiger charge is -2.29. The first-order valence-corrected chi connectivity index (χ1v) is 14.6. The lowest BCUT2D eigenvalue weighted by molar-refractivity contribution is -0.118. The van der Waals surface area contributed by atoms with Crippen LogP contribution in [0.15, 0.2) is 52.3 Å². The molecule has 11 heteroatoms. The van der Waals surface area contributed by atoms with E-state index in [-0.39, 0.29) is 16.6 Å². The fourth-order valence-electron chi connectivity index (χ4n) is 3.55. The number of nitrogens with zero attached hydrogens (tertiary/aromatic N) is 3. The van der Waals surface area contributed by atoms with Crippen LogP contribution >= 0.6 is 23.1 Å². The molecule has 182 valence electrons. The molecule has 1 amide bonds. The third kappa shape index (κ3) is 6.54. The molecule has 0 bridgehead atoms. The summed E-state index contributed by atoms with van der Waals surface area (Å²) in [5.74, 6) is 0.219. The second-order valence-corrected chi connectivity index (χ2v) is 12.1. The summed E-state index contributed by atoms with van der Waals surface area (Å²) in [7, 11) is -3.33. The van der Waals surface area contributed by atoms with Crippen LogP contribution in [0.3, 0.4) is 0 Å². The van der Waals surface area contributed by atoms with Crippen LogP contribution in [0.2, 0.25) is 0 Å². The van der Waals surface area contributed by atoms with Crippen LogP contribution in [-0.2, 0) is 19.4 Å². The van der Waals surface area contributed by atoms with Gasteiger partial charge in [-0.2, -0.15) is 0 Å². The van der Waals surface area contributed by atoms with Gasteiger partial charge in [0.05, 0.1) is 28.3 Å². The maximum absolute atomic E-state index is 13.2. The minimum Gasteiger partial charge on any atom is -0.379 e. The standard InChI is InChI=1S/C23H26FN3O4S3/c1-34(29,30)19-6-7-20-21(16-19)33-23(25-20)27(10-9-26-11-13-31-14-12-26)22(28)8-15-32-18-4-2-17(24)3-5-18/h2-7,16H,8-15H2,1H3. The highest BCUT2D eigenvalue weighted by Gasteiger charge is 2.22. The third-order valence-electron chi connectivity index (χ3n) is 5.45. The van der Waals surface area contributed by atoms with Crippen LogP contribution in [-0.4, -0.2) is 75.6 Å². The van der Waals surface area contributed by atoms with Crippen molar-refractivity contribution in [2.45, 2.75) is 16.2 Å². The molecule has 0 saturated carbocycles. The van der Waals surface area contributed by atoms with Crippen molar-refractivity contribution in [2.75, 3.05) is 56.3 Å². The Morgan fingerprint density at radius 1 is 1.21 bits per heavy atom. The maximum atomic E-state index is 13.2. The molecule has 4 rings (SSSR count). The molecule has 1 aliphatic heterocycles. The van der Waals surface area contributed by atoms with Gasteiger partial charge in [0.1, 0.15) is 5.82 Å². The number of carbonyl (C=O) groups excluding carboxylic acids is 1. The number of halogens is 1. The zero-order valence-corrected chi connectivity index (χ0v) is 21.2. The average Bonchev–Trinajstić information content (AvgIpc) is 3.24. The predicted molar refractivity (Wildman–Crippen MR) is 134 cm³/mol. The van der Waals surface area contributed by atoms with Gasteiger partial charge in [-0.1, -0.05) is 11.3 Å². The summed E-state index contributed by atoms with van der Waals surface area (Å²) >= 11 is 2.82. The maximum Gasteiger partial charge on any atom is 0.229 e. The van der Waals surface area contributed by atoms with E-state index in [1.807, 2.05) is 0 Å². The Morgan fingerprint density at radius 2 is 1.94 bits per heavy atom. The number of carbonyl (C=O) groups is 1. The zero-order valence-electron chi connectivity index (χ0n) is 18.8. The number of hydrogen-bond acceptors (Lipinski definition) is 8. The van der Waals surface area contributed by atoms with Gasteiger partial charge in [0.15, 0.2) is 15.0 Å². The zero-order chi connectivity index (χ0) is 24.1. The molecule has 3 aromatic rings. The Bertz CT molecular complexity index is 1240. The highest BCUT2D eigenvalue weighted by atomic mass is 32.2. The van der Waals surface area contributed by atoms with Gasteiger partial charge in [-0.3, -0.25) is 14.6 Å². The van der Waals surface area contributed by atoms with Crippen LogP contribution in [0.5, 0.6) is 0 Å². The quantitative estimate of drug-likeness (QED) is 0.396. The lowest BCUT2D eigenvalue weighted by atomic mass is 10.3. The molecule has 0 radical (unpaired) electrons. The summed E-state index contributed by atoms with van der Waals surface area (Å²) in [6.07, 6.45) is 1.47. The van der Waals surface area contributed by atoms with E-state index in [0.717, 1.165) is 22.7 Å². The number of fused-ring (bicyclic) bond motifs is 1. The lowest BCUT2D eigenvalue weighted by Crippen LogP contribution is -2.43. The fourth-order valence-corrected chi connectivity index (χ4v) is 6.16. The number of hydrogen-bond donors (Lipinski definition) is 0. The molecule has 2 aromatic carbocycles. The minimum absolute atomic E-state index is 0.0507. The Morgan fingerprint density at radius 3 is 2.65 bits per heavy atom. The van der Waals surface area contributed by atoms with Gasteiger partial charge >= 0.3 is 0 Å². The minimum atomic E-state index is -3.33. The van der Waals surface area contributed by atoms with Gasteiger partial charge in [-0.25, -0.2) is 17.8 Å². The number of morpholine rings is 1. The van der Waals surface area contributed by atoms with E-state index >= 15 is 0 Å². The third-order valence-corrected chi connectivity index (χ3v) is 8.62. The van der Waals surface area contributed by atoms with E-state index in [4.69, 9.17) is 4.74 Å². The van der Waals surface area contributed by atoms with Crippen molar-refractivity contribution in [3.63, 3.8) is 0 Å². The smallest absolute Gasteiger partial charge is 0.229 e. The van der Waals surface area contributed by atoms with Crippen molar-refractivity contribution in [2.24, 2.45) is 0 Å². The predicted octanol–water partition coefficient (Wildman–Crippen LogP) is 3.69. The molecule has 0 spiro atoms. The number of aromatic nitrogens is 1. The molecule has 0 unspecified atom stereocenters. The van der Waals surface area contributed by atoms with Gasteiger partial charge in [0, 0.05) is 49.5 Å². The van der Waals surface area contributed by atoms with Crippen molar-refractivity contribution in [1.82, 2.24) is 9.88 Å². The van der Waals surface area contributed by atoms with E-state index in [1.54, 1.807) is 35.2 Å². The first-order chi connectivity index (χ1) is 16.3. The van der Waals surface area contributed by atoms with E-state index in [1.165, 1.54) is 41.5 Å². The van der Waals surface area contributed by atoms with E-state index in [2.05, 4.69) is 9.88 Å². The number of rotatable bonds is 9. The molecule has 34 heavy (non-hydrogen) atoms. The average molecular weight is 524 g/mol. The molecular weight excluding hydrogens is 497 g/mol. The summed E-state index contributed by atoms with van der Waals surface area (Å²) in [6, 6.07) is 11.1. The first kappa shape index (κ1) is 25.1. The Labute approximate surface area is 206 Å². The van der Waals surface area contributed by atoms with Crippen molar-refractivity contribution in [1.29, 1.82) is 0 Å². The number of benzene rings is 2. The number of thiazole rings is 1. The Hall–Kier alpha value is -2.05. The molecule has 7 nitrogen and oxygen atoms in total. The van der Waals surface area contributed by atoms with E-state index in [0.29, 0.717) is 49.1 Å². The number of amides is 1. The SMILES string of the molecule is CS(=O)(=O)c1ccc2nc(N(CCN3CCOCC3)C(=O)CCSc3ccc(F)cc3)sc2c1. The molecule has 0 N–H and O–H groups in total. The van der Waals surface area contributed by atoms with Crippen LogP contribution in [0.25, 0.3) is 10.2 Å². The molecule has 1 fully saturated rings. The largest absolute Gasteiger partial charge is 0.379 e. The van der Waals surface area contributed by atoms with Crippen molar-refractivity contribution >= 4 is 54.2 Å². The van der Waals surface area contributed by atoms with Gasteiger partial charge in [-0.15, -0.1) is 11.8 Å². The number of thioether (sulfide) groups is 1. The van der Waals surface area contributed by atoms with Gasteiger partial charge < -0.3 is 4.74 Å². The Balaban J connectivity index is 1.50. The van der Waals surface area contributed by atoms with Gasteiger partial charge in [0.2, 0.25) is 5.91 Å².